The number of methoxy groups -OCH3 is 2. The third-order valence-corrected chi connectivity index (χ3v) is 15.0. The molecule has 0 N–H and O–H groups in total. The van der Waals surface area contributed by atoms with Crippen LogP contribution in [0.3, 0.4) is 0 Å². The summed E-state index contributed by atoms with van der Waals surface area (Å²) in [5, 5.41) is 1.95. The van der Waals surface area contributed by atoms with Crippen LogP contribution in [0.5, 0.6) is 11.5 Å². The Morgan fingerprint density at radius 2 is 0.833 bits per heavy atom. The Kier molecular flexibility index (Phi) is 9.92. The molecule has 2 heterocycles. The van der Waals surface area contributed by atoms with Crippen LogP contribution in [0.15, 0.2) is 72.8 Å². The van der Waals surface area contributed by atoms with Crippen molar-refractivity contribution in [2.45, 2.75) is 0 Å². The van der Waals surface area contributed by atoms with Gasteiger partial charge in [-0.1, -0.05) is 23.6 Å². The lowest BCUT2D eigenvalue weighted by atomic mass is 9.86. The Balaban J connectivity index is 1.18. The van der Waals surface area contributed by atoms with Gasteiger partial charge < -0.3 is 18.5 Å². The smallest absolute Gasteiger partial charge is 0.261 e. The Morgan fingerprint density at radius 3 is 1.10 bits per heavy atom. The van der Waals surface area contributed by atoms with Gasteiger partial charge in [0.1, 0.15) is 22.4 Å². The zero-order valence-electron chi connectivity index (χ0n) is 25.5. The Labute approximate surface area is 297 Å². The number of carbonyl (C=O) groups excluding carboxylic acids is 4. The molecule has 2 aliphatic rings. The van der Waals surface area contributed by atoms with E-state index in [9.17, 15) is 19.2 Å². The largest absolute Gasteiger partial charge is 0.497 e. The number of amides is 4. The van der Waals surface area contributed by atoms with E-state index in [0.717, 1.165) is 9.80 Å². The molecule has 2 unspecified atom stereocenters. The lowest BCUT2D eigenvalue weighted by Crippen LogP contribution is -2.44. The topological polar surface area (TPSA) is 112 Å². The van der Waals surface area contributed by atoms with Gasteiger partial charge in [-0.2, -0.15) is 0 Å². The van der Waals surface area contributed by atoms with E-state index < -0.39 is 34.6 Å². The molecular formula is C32H28N2O8P2S4. The van der Waals surface area contributed by atoms with Crippen molar-refractivity contribution in [1.29, 1.82) is 0 Å². The van der Waals surface area contributed by atoms with E-state index in [1.165, 1.54) is 24.3 Å². The standard InChI is InChI=1S/C32H28N2O8P2S4/c1-39-19-3-7-21(8-4-19)43(45,46)41-17-15-33-29(35)23-11-13-25-28-26(14-12-24(27(23)28)30(33)36)32(38)34(31(25)37)16-18-42-44(47,48)22-9-5-20(40-2)6-10-22/h3-14H,15-18H2,1-2H3,(H,45,46)(H,47,48). The Bertz CT molecular complexity index is 1870. The van der Waals surface area contributed by atoms with Crippen molar-refractivity contribution in [1.82, 2.24) is 9.80 Å². The molecule has 6 rings (SSSR count). The summed E-state index contributed by atoms with van der Waals surface area (Å²) in [7, 11) is 3.12. The first-order chi connectivity index (χ1) is 22.9. The van der Waals surface area contributed by atoms with Gasteiger partial charge in [0.2, 0.25) is 0 Å². The third kappa shape index (κ3) is 6.36. The maximum Gasteiger partial charge on any atom is 0.261 e. The Hall–Kier alpha value is -3.06. The van der Waals surface area contributed by atoms with E-state index in [0.29, 0.717) is 22.1 Å². The highest BCUT2D eigenvalue weighted by Gasteiger charge is 2.39. The molecular weight excluding hydrogens is 731 g/mol. The summed E-state index contributed by atoms with van der Waals surface area (Å²) in [6.07, 6.45) is 0. The molecule has 2 atom stereocenters. The summed E-state index contributed by atoms with van der Waals surface area (Å²) in [5.74, 6) is -0.934. The van der Waals surface area contributed by atoms with Crippen LogP contribution < -0.4 is 20.1 Å². The normalized spacial score (nSPS) is 16.6. The van der Waals surface area contributed by atoms with Crippen molar-refractivity contribution < 1.29 is 37.7 Å². The predicted octanol–water partition coefficient (Wildman–Crippen LogP) is 5.21. The first kappa shape index (κ1) is 34.8. The van der Waals surface area contributed by atoms with Crippen molar-refractivity contribution in [3.05, 3.63) is 95.1 Å². The molecule has 10 nitrogen and oxygen atoms in total. The summed E-state index contributed by atoms with van der Waals surface area (Å²) in [6.45, 7) is -0.216. The second-order valence-electron chi connectivity index (χ2n) is 10.7. The van der Waals surface area contributed by atoms with Crippen LogP contribution in [-0.2, 0) is 32.7 Å². The zero-order valence-corrected chi connectivity index (χ0v) is 30.7. The van der Waals surface area contributed by atoms with E-state index in [1.807, 2.05) is 0 Å². The SMILES string of the molecule is COc1ccc(P(=S)(S)OCCN2C(=O)c3ccc4c5c(ccc(c35)C2=O)C(=O)N(CCOP(=S)(S)c2ccc(OC)cc2)C4=O)cc1. The molecule has 4 amide bonds. The summed E-state index contributed by atoms with van der Waals surface area (Å²) in [5.41, 5.74) is -4.65. The van der Waals surface area contributed by atoms with Crippen LogP contribution in [-0.4, -0.2) is 74.0 Å². The van der Waals surface area contributed by atoms with Crippen LogP contribution in [0.25, 0.3) is 10.8 Å². The number of hydrogen-bond donors (Lipinski definition) is 2. The quantitative estimate of drug-likeness (QED) is 0.114. The van der Waals surface area contributed by atoms with Crippen molar-refractivity contribution in [2.24, 2.45) is 0 Å². The highest BCUT2D eigenvalue weighted by molar-refractivity contribution is 8.64. The van der Waals surface area contributed by atoms with Gasteiger partial charge in [0.05, 0.1) is 40.5 Å². The van der Waals surface area contributed by atoms with Gasteiger partial charge in [-0.15, -0.1) is 24.5 Å². The summed E-state index contributed by atoms with van der Waals surface area (Å²) >= 11 is 20.4. The molecule has 0 bridgehead atoms. The molecule has 0 fully saturated rings. The van der Waals surface area contributed by atoms with E-state index >= 15 is 0 Å². The predicted molar refractivity (Wildman–Crippen MR) is 198 cm³/mol. The molecule has 4 aromatic rings. The summed E-state index contributed by atoms with van der Waals surface area (Å²) in [6, 6.07) is 20.1. The maximum atomic E-state index is 13.6. The number of benzene rings is 4. The van der Waals surface area contributed by atoms with Crippen molar-refractivity contribution in [2.75, 3.05) is 40.5 Å². The average Bonchev–Trinajstić information content (AvgIpc) is 3.09. The highest BCUT2D eigenvalue weighted by atomic mass is 32.9. The molecule has 0 radical (unpaired) electrons. The van der Waals surface area contributed by atoms with Crippen LogP contribution in [0.4, 0.5) is 0 Å². The van der Waals surface area contributed by atoms with E-state index in [2.05, 4.69) is 24.5 Å². The fourth-order valence-electron chi connectivity index (χ4n) is 5.58. The van der Waals surface area contributed by atoms with Gasteiger partial charge in [0, 0.05) is 43.6 Å². The fourth-order valence-corrected chi connectivity index (χ4v) is 10.1. The zero-order chi connectivity index (χ0) is 34.4. The molecule has 248 valence electrons. The fraction of sp³-hybridized carbons (Fsp3) is 0.188. The summed E-state index contributed by atoms with van der Waals surface area (Å²) < 4.78 is 22.2. The number of nitrogens with zero attached hydrogens (tertiary/aromatic N) is 2. The summed E-state index contributed by atoms with van der Waals surface area (Å²) in [4.78, 5) is 56.7. The molecule has 16 heteroatoms. The average molecular weight is 759 g/mol. The van der Waals surface area contributed by atoms with Crippen LogP contribution >= 0.6 is 35.4 Å². The van der Waals surface area contributed by atoms with Gasteiger partial charge >= 0.3 is 0 Å². The minimum absolute atomic E-state index is 0.0362. The molecule has 0 saturated heterocycles. The molecule has 0 saturated carbocycles. The molecule has 0 aromatic heterocycles. The lowest BCUT2D eigenvalue weighted by molar-refractivity contribution is 0.0570. The molecule has 0 aliphatic carbocycles. The van der Waals surface area contributed by atoms with Crippen molar-refractivity contribution in [3.8, 4) is 11.5 Å². The monoisotopic (exact) mass is 758 g/mol. The van der Waals surface area contributed by atoms with Gasteiger partial charge in [-0.25, -0.2) is 0 Å². The van der Waals surface area contributed by atoms with E-state index in [-0.39, 0.29) is 59.3 Å². The number of ether oxygens (including phenoxy) is 2. The van der Waals surface area contributed by atoms with Crippen LogP contribution in [0.1, 0.15) is 41.4 Å². The van der Waals surface area contributed by atoms with E-state index in [4.69, 9.17) is 42.1 Å². The van der Waals surface area contributed by atoms with Gasteiger partial charge in [-0.05, 0) is 72.8 Å². The van der Waals surface area contributed by atoms with Gasteiger partial charge in [0.15, 0.2) is 0 Å². The van der Waals surface area contributed by atoms with Crippen molar-refractivity contribution in [3.63, 3.8) is 0 Å². The van der Waals surface area contributed by atoms with Crippen LogP contribution in [0, 0.1) is 0 Å². The number of carbonyl (C=O) groups is 4. The first-order valence-corrected chi connectivity index (χ1v) is 22.2. The number of hydrogen-bond acceptors (Lipinski definition) is 10. The lowest BCUT2D eigenvalue weighted by Gasteiger charge is -2.32. The second-order valence-corrected chi connectivity index (χ2v) is 22.4. The molecule has 4 aromatic carbocycles. The number of thiol groups is 2. The number of imide groups is 2. The van der Waals surface area contributed by atoms with Gasteiger partial charge in [-0.3, -0.25) is 29.0 Å². The minimum atomic E-state index is -2.74. The maximum absolute atomic E-state index is 13.6. The third-order valence-electron chi connectivity index (χ3n) is 8.02. The van der Waals surface area contributed by atoms with Gasteiger partial charge in [0.25, 0.3) is 23.6 Å². The molecule has 0 spiro atoms. The number of rotatable bonds is 12. The first-order valence-electron chi connectivity index (χ1n) is 14.4. The van der Waals surface area contributed by atoms with Crippen molar-refractivity contribution >= 4 is 104 Å². The highest BCUT2D eigenvalue weighted by Crippen LogP contribution is 2.52. The Morgan fingerprint density at radius 1 is 0.542 bits per heavy atom. The molecule has 48 heavy (non-hydrogen) atoms. The minimum Gasteiger partial charge on any atom is -0.497 e. The second kappa shape index (κ2) is 13.7. The van der Waals surface area contributed by atoms with Crippen LogP contribution in [0.2, 0.25) is 0 Å². The van der Waals surface area contributed by atoms with E-state index in [1.54, 1.807) is 62.8 Å². The molecule has 2 aliphatic heterocycles.